The number of aliphatic imine (C=N–C) groups is 1. The lowest BCUT2D eigenvalue weighted by atomic mass is 10.3. The third-order valence-corrected chi connectivity index (χ3v) is 1.47. The molecule has 2 N–H and O–H groups in total. The molecule has 0 aromatic carbocycles. The summed E-state index contributed by atoms with van der Waals surface area (Å²) >= 11 is 0. The Hall–Kier alpha value is -1.12. The standard InChI is InChI=1S/C7H11N3/c1-5-3-4-7(9-5)6(2)10-8/h4H,3,8H2,1-2H3. The van der Waals surface area contributed by atoms with Crippen LogP contribution in [0.15, 0.2) is 21.9 Å². The van der Waals surface area contributed by atoms with Gasteiger partial charge in [0.05, 0.1) is 11.4 Å². The molecule has 0 fully saturated rings. The maximum absolute atomic E-state index is 5.08. The second-order valence-electron chi connectivity index (χ2n) is 2.36. The molecule has 0 spiro atoms. The Morgan fingerprint density at radius 2 is 2.50 bits per heavy atom. The molecule has 54 valence electrons. The first kappa shape index (κ1) is 6.99. The normalized spacial score (nSPS) is 18.8. The van der Waals surface area contributed by atoms with Crippen molar-refractivity contribution in [2.75, 3.05) is 0 Å². The van der Waals surface area contributed by atoms with E-state index in [1.807, 2.05) is 19.9 Å². The summed E-state index contributed by atoms with van der Waals surface area (Å²) in [6.45, 7) is 3.85. The van der Waals surface area contributed by atoms with E-state index in [1.165, 1.54) is 0 Å². The average molecular weight is 137 g/mol. The van der Waals surface area contributed by atoms with E-state index < -0.39 is 0 Å². The highest BCUT2D eigenvalue weighted by molar-refractivity contribution is 6.03. The van der Waals surface area contributed by atoms with E-state index in [1.54, 1.807) is 0 Å². The summed E-state index contributed by atoms with van der Waals surface area (Å²) in [6, 6.07) is 0. The van der Waals surface area contributed by atoms with Gasteiger partial charge in [-0.1, -0.05) is 6.08 Å². The zero-order valence-corrected chi connectivity index (χ0v) is 6.26. The minimum absolute atomic E-state index is 0.803. The number of nitrogens with zero attached hydrogens (tertiary/aromatic N) is 2. The summed E-state index contributed by atoms with van der Waals surface area (Å²) < 4.78 is 0. The Morgan fingerprint density at radius 3 is 2.90 bits per heavy atom. The molecule has 0 aromatic heterocycles. The molecule has 3 nitrogen and oxygen atoms in total. The molecule has 0 radical (unpaired) electrons. The molecule has 0 unspecified atom stereocenters. The van der Waals surface area contributed by atoms with Gasteiger partial charge in [0, 0.05) is 12.1 Å². The van der Waals surface area contributed by atoms with Crippen LogP contribution >= 0.6 is 0 Å². The van der Waals surface area contributed by atoms with E-state index >= 15 is 0 Å². The molecule has 0 bridgehead atoms. The van der Waals surface area contributed by atoms with Gasteiger partial charge >= 0.3 is 0 Å². The highest BCUT2D eigenvalue weighted by atomic mass is 15.1. The molecule has 0 saturated heterocycles. The third kappa shape index (κ3) is 1.23. The van der Waals surface area contributed by atoms with E-state index in [0.717, 1.165) is 23.5 Å². The van der Waals surface area contributed by atoms with Crippen LogP contribution < -0.4 is 5.84 Å². The number of rotatable bonds is 1. The van der Waals surface area contributed by atoms with Crippen LogP contribution in [0.4, 0.5) is 0 Å². The Bertz CT molecular complexity index is 223. The molecule has 1 aliphatic heterocycles. The number of hydrogen-bond donors (Lipinski definition) is 1. The molecule has 10 heavy (non-hydrogen) atoms. The minimum atomic E-state index is 0.803. The Morgan fingerprint density at radius 1 is 1.80 bits per heavy atom. The summed E-state index contributed by atoms with van der Waals surface area (Å²) in [5.41, 5.74) is 2.84. The van der Waals surface area contributed by atoms with Crippen molar-refractivity contribution in [2.45, 2.75) is 20.3 Å². The van der Waals surface area contributed by atoms with Crippen LogP contribution in [0.5, 0.6) is 0 Å². The van der Waals surface area contributed by atoms with Crippen LogP contribution in [0.25, 0.3) is 0 Å². The third-order valence-electron chi connectivity index (χ3n) is 1.47. The molecule has 0 atom stereocenters. The van der Waals surface area contributed by atoms with E-state index in [9.17, 15) is 0 Å². The number of hydrogen-bond acceptors (Lipinski definition) is 3. The van der Waals surface area contributed by atoms with Crippen molar-refractivity contribution in [2.24, 2.45) is 15.9 Å². The molecule has 0 aromatic rings. The molecule has 1 rings (SSSR count). The molecular formula is C7H11N3. The number of allylic oxidation sites excluding steroid dienone is 2. The second-order valence-corrected chi connectivity index (χ2v) is 2.36. The fraction of sp³-hybridized carbons (Fsp3) is 0.429. The van der Waals surface area contributed by atoms with Crippen molar-refractivity contribution in [3.63, 3.8) is 0 Å². The Balaban J connectivity index is 2.77. The van der Waals surface area contributed by atoms with E-state index in [-0.39, 0.29) is 0 Å². The first-order valence-corrected chi connectivity index (χ1v) is 3.23. The summed E-state index contributed by atoms with van der Waals surface area (Å²) in [5, 5.41) is 3.55. The smallest absolute Gasteiger partial charge is 0.0822 e. The van der Waals surface area contributed by atoms with Gasteiger partial charge in [-0.15, -0.1) is 0 Å². The van der Waals surface area contributed by atoms with Gasteiger partial charge in [0.15, 0.2) is 0 Å². The lowest BCUT2D eigenvalue weighted by Gasteiger charge is -1.92. The van der Waals surface area contributed by atoms with Crippen molar-refractivity contribution in [1.82, 2.24) is 0 Å². The summed E-state index contributed by atoms with van der Waals surface area (Å²) in [6.07, 6.45) is 2.96. The predicted molar refractivity (Wildman–Crippen MR) is 43.1 cm³/mol. The Kier molecular flexibility index (Phi) is 1.85. The number of nitrogens with two attached hydrogens (primary N) is 1. The Labute approximate surface area is 60.3 Å². The quantitative estimate of drug-likeness (QED) is 0.328. The van der Waals surface area contributed by atoms with Crippen LogP contribution in [0.1, 0.15) is 20.3 Å². The van der Waals surface area contributed by atoms with Crippen molar-refractivity contribution < 1.29 is 0 Å². The monoisotopic (exact) mass is 137 g/mol. The first-order valence-electron chi connectivity index (χ1n) is 3.23. The van der Waals surface area contributed by atoms with Gasteiger partial charge in [-0.2, -0.15) is 5.10 Å². The van der Waals surface area contributed by atoms with Crippen molar-refractivity contribution in [1.29, 1.82) is 0 Å². The SMILES string of the molecule is CC1=NC(C(C)=NN)=CC1. The minimum Gasteiger partial charge on any atom is -0.323 e. The molecule has 1 heterocycles. The molecule has 0 saturated carbocycles. The number of hydrazone groups is 1. The van der Waals surface area contributed by atoms with Crippen LogP contribution in [0.3, 0.4) is 0 Å². The van der Waals surface area contributed by atoms with Gasteiger partial charge in [0.2, 0.25) is 0 Å². The van der Waals surface area contributed by atoms with Gasteiger partial charge in [0.25, 0.3) is 0 Å². The lowest BCUT2D eigenvalue weighted by Crippen LogP contribution is -1.97. The fourth-order valence-electron chi connectivity index (χ4n) is 0.836. The average Bonchev–Trinajstić information content (AvgIpc) is 2.34. The van der Waals surface area contributed by atoms with Gasteiger partial charge in [0.1, 0.15) is 0 Å². The second kappa shape index (κ2) is 2.64. The molecule has 1 aliphatic rings. The molecule has 0 amide bonds. The lowest BCUT2D eigenvalue weighted by molar-refractivity contribution is 1.22. The van der Waals surface area contributed by atoms with Crippen molar-refractivity contribution in [3.8, 4) is 0 Å². The van der Waals surface area contributed by atoms with Crippen LogP contribution in [0, 0.1) is 0 Å². The van der Waals surface area contributed by atoms with Crippen LogP contribution in [0.2, 0.25) is 0 Å². The summed E-state index contributed by atoms with van der Waals surface area (Å²) in [5.74, 6) is 5.08. The van der Waals surface area contributed by atoms with Crippen molar-refractivity contribution in [3.05, 3.63) is 11.8 Å². The highest BCUT2D eigenvalue weighted by Gasteiger charge is 2.05. The maximum atomic E-state index is 5.08. The molecule has 0 aliphatic carbocycles. The van der Waals surface area contributed by atoms with Crippen LogP contribution in [-0.4, -0.2) is 11.4 Å². The topological polar surface area (TPSA) is 50.7 Å². The highest BCUT2D eigenvalue weighted by Crippen LogP contribution is 2.10. The maximum Gasteiger partial charge on any atom is 0.0822 e. The predicted octanol–water partition coefficient (Wildman–Crippen LogP) is 1.07. The summed E-state index contributed by atoms with van der Waals surface area (Å²) in [4.78, 5) is 4.23. The fourth-order valence-corrected chi connectivity index (χ4v) is 0.836. The van der Waals surface area contributed by atoms with Gasteiger partial charge < -0.3 is 5.84 Å². The van der Waals surface area contributed by atoms with E-state index in [0.29, 0.717) is 0 Å². The first-order chi connectivity index (χ1) is 4.74. The van der Waals surface area contributed by atoms with Gasteiger partial charge in [-0.3, -0.25) is 4.99 Å². The van der Waals surface area contributed by atoms with Crippen LogP contribution in [-0.2, 0) is 0 Å². The van der Waals surface area contributed by atoms with Gasteiger partial charge in [-0.05, 0) is 13.8 Å². The largest absolute Gasteiger partial charge is 0.323 e. The van der Waals surface area contributed by atoms with E-state index in [4.69, 9.17) is 5.84 Å². The molecular weight excluding hydrogens is 126 g/mol. The van der Waals surface area contributed by atoms with E-state index in [2.05, 4.69) is 10.1 Å². The zero-order chi connectivity index (χ0) is 7.56. The summed E-state index contributed by atoms with van der Waals surface area (Å²) in [7, 11) is 0. The molecule has 3 heteroatoms. The zero-order valence-electron chi connectivity index (χ0n) is 6.26. The van der Waals surface area contributed by atoms with Gasteiger partial charge in [-0.25, -0.2) is 0 Å². The van der Waals surface area contributed by atoms with Crippen molar-refractivity contribution >= 4 is 11.4 Å².